The summed E-state index contributed by atoms with van der Waals surface area (Å²) in [7, 11) is 0. The number of halogens is 1. The molecule has 110 valence electrons. The number of hydrogen-bond donors (Lipinski definition) is 1. The van der Waals surface area contributed by atoms with Crippen molar-refractivity contribution in [3.8, 4) is 5.75 Å². The highest BCUT2D eigenvalue weighted by Crippen LogP contribution is 2.36. The average Bonchev–Trinajstić information content (AvgIpc) is 2.47. The maximum atomic E-state index is 6.29. The van der Waals surface area contributed by atoms with Crippen molar-refractivity contribution in [3.63, 3.8) is 0 Å². The zero-order valence-electron chi connectivity index (χ0n) is 12.2. The van der Waals surface area contributed by atoms with E-state index in [4.69, 9.17) is 16.3 Å². The van der Waals surface area contributed by atoms with Crippen molar-refractivity contribution >= 4 is 11.6 Å². The first-order valence-corrected chi connectivity index (χ1v) is 7.86. The fourth-order valence-electron chi connectivity index (χ4n) is 2.80. The lowest BCUT2D eigenvalue weighted by atomic mass is 9.78. The fourth-order valence-corrected chi connectivity index (χ4v) is 3.03. The first-order valence-electron chi connectivity index (χ1n) is 7.48. The second-order valence-electron chi connectivity index (χ2n) is 5.41. The van der Waals surface area contributed by atoms with Gasteiger partial charge < -0.3 is 10.1 Å². The average molecular weight is 302 g/mol. The summed E-state index contributed by atoms with van der Waals surface area (Å²) < 4.78 is 6.05. The molecular weight excluding hydrogens is 282 g/mol. The van der Waals surface area contributed by atoms with Crippen LogP contribution < -0.4 is 10.1 Å². The molecule has 1 atom stereocenters. The fraction of sp³-hybridized carbons (Fsp3) is 0.333. The predicted octanol–water partition coefficient (Wildman–Crippen LogP) is 4.17. The number of rotatable bonds is 6. The van der Waals surface area contributed by atoms with Crippen molar-refractivity contribution in [1.82, 2.24) is 5.32 Å². The second kappa shape index (κ2) is 6.50. The van der Waals surface area contributed by atoms with E-state index in [1.54, 1.807) is 0 Å². The van der Waals surface area contributed by atoms with Crippen LogP contribution in [0, 0.1) is 0 Å². The van der Waals surface area contributed by atoms with Crippen LogP contribution in [0.4, 0.5) is 0 Å². The lowest BCUT2D eigenvalue weighted by Gasteiger charge is -2.30. The molecule has 0 radical (unpaired) electrons. The van der Waals surface area contributed by atoms with Crippen molar-refractivity contribution in [1.29, 1.82) is 0 Å². The Morgan fingerprint density at radius 1 is 1.19 bits per heavy atom. The topological polar surface area (TPSA) is 21.3 Å². The zero-order valence-corrected chi connectivity index (χ0v) is 13.0. The Kier molecular flexibility index (Phi) is 4.47. The van der Waals surface area contributed by atoms with Gasteiger partial charge in [0.15, 0.2) is 0 Å². The van der Waals surface area contributed by atoms with Gasteiger partial charge in [-0.15, -0.1) is 0 Å². The highest BCUT2D eigenvalue weighted by molar-refractivity contribution is 6.31. The Morgan fingerprint density at radius 2 is 2.05 bits per heavy atom. The molecule has 2 aromatic rings. The molecule has 3 rings (SSSR count). The molecule has 1 aliphatic rings. The molecule has 0 amide bonds. The third-order valence-corrected chi connectivity index (χ3v) is 4.38. The van der Waals surface area contributed by atoms with Crippen molar-refractivity contribution in [2.24, 2.45) is 0 Å². The first kappa shape index (κ1) is 14.4. The van der Waals surface area contributed by atoms with Gasteiger partial charge in [0.2, 0.25) is 0 Å². The molecule has 1 unspecified atom stereocenters. The maximum Gasteiger partial charge on any atom is 0.125 e. The minimum absolute atomic E-state index is 0.507. The van der Waals surface area contributed by atoms with Crippen LogP contribution in [-0.2, 0) is 13.0 Å². The minimum Gasteiger partial charge on any atom is -0.493 e. The van der Waals surface area contributed by atoms with Crippen LogP contribution in [0.1, 0.15) is 29.5 Å². The molecule has 0 spiro atoms. The molecule has 0 aromatic heterocycles. The molecule has 2 aromatic carbocycles. The maximum absolute atomic E-state index is 6.29. The molecule has 0 fully saturated rings. The molecule has 0 saturated heterocycles. The van der Waals surface area contributed by atoms with E-state index in [0.717, 1.165) is 42.5 Å². The summed E-state index contributed by atoms with van der Waals surface area (Å²) in [5, 5.41) is 4.08. The monoisotopic (exact) mass is 301 g/mol. The van der Waals surface area contributed by atoms with Crippen LogP contribution in [0.15, 0.2) is 42.5 Å². The number of ether oxygens (including phenoxy) is 1. The second-order valence-corrected chi connectivity index (χ2v) is 5.81. The van der Waals surface area contributed by atoms with Crippen LogP contribution in [0.2, 0.25) is 5.02 Å². The molecule has 21 heavy (non-hydrogen) atoms. The van der Waals surface area contributed by atoms with Gasteiger partial charge in [0, 0.05) is 23.0 Å². The zero-order chi connectivity index (χ0) is 14.7. The van der Waals surface area contributed by atoms with Crippen LogP contribution in [0.5, 0.6) is 5.75 Å². The molecule has 0 saturated carbocycles. The van der Waals surface area contributed by atoms with E-state index in [1.165, 1.54) is 11.1 Å². The predicted molar refractivity (Wildman–Crippen MR) is 87.2 cm³/mol. The minimum atomic E-state index is 0.507. The molecular formula is C18H20ClNO. The number of fused-ring (bicyclic) bond motifs is 1. The first-order chi connectivity index (χ1) is 10.3. The van der Waals surface area contributed by atoms with Gasteiger partial charge in [-0.1, -0.05) is 48.9 Å². The largest absolute Gasteiger partial charge is 0.493 e. The van der Waals surface area contributed by atoms with E-state index < -0.39 is 0 Å². The summed E-state index contributed by atoms with van der Waals surface area (Å²) in [6, 6.07) is 14.5. The van der Waals surface area contributed by atoms with Gasteiger partial charge in [-0.3, -0.25) is 0 Å². The van der Waals surface area contributed by atoms with Crippen molar-refractivity contribution in [2.45, 2.75) is 25.8 Å². The smallest absolute Gasteiger partial charge is 0.125 e. The van der Waals surface area contributed by atoms with Gasteiger partial charge in [0.1, 0.15) is 5.75 Å². The Hall–Kier alpha value is -1.51. The Labute approximate surface area is 131 Å². The summed E-state index contributed by atoms with van der Waals surface area (Å²) in [6.45, 7) is 4.46. The van der Waals surface area contributed by atoms with Gasteiger partial charge >= 0.3 is 0 Å². The molecule has 1 N–H and O–H groups in total. The van der Waals surface area contributed by atoms with E-state index in [2.05, 4.69) is 36.5 Å². The number of benzene rings is 2. The number of nitrogens with one attached hydrogen (secondary N) is 1. The third kappa shape index (κ3) is 3.07. The third-order valence-electron chi connectivity index (χ3n) is 4.03. The molecule has 2 nitrogen and oxygen atoms in total. The lowest BCUT2D eigenvalue weighted by Crippen LogP contribution is -2.23. The van der Waals surface area contributed by atoms with E-state index >= 15 is 0 Å². The Balaban J connectivity index is 1.67. The van der Waals surface area contributed by atoms with E-state index in [-0.39, 0.29) is 0 Å². The standard InChI is InChI=1S/C18H20ClNO/c1-2-20-11-16-17(19)8-5-9-18(16)21-12-14-10-13-6-3-4-7-15(13)14/h3-9,14,20H,2,10-12H2,1H3. The van der Waals surface area contributed by atoms with Crippen LogP contribution in [0.3, 0.4) is 0 Å². The van der Waals surface area contributed by atoms with Gasteiger partial charge in [0.05, 0.1) is 6.61 Å². The van der Waals surface area contributed by atoms with E-state index in [1.807, 2.05) is 18.2 Å². The quantitative estimate of drug-likeness (QED) is 0.864. The van der Waals surface area contributed by atoms with Gasteiger partial charge in [-0.25, -0.2) is 0 Å². The van der Waals surface area contributed by atoms with Crippen LogP contribution >= 0.6 is 11.6 Å². The van der Waals surface area contributed by atoms with Crippen LogP contribution in [-0.4, -0.2) is 13.2 Å². The Morgan fingerprint density at radius 3 is 2.86 bits per heavy atom. The Bertz CT molecular complexity index is 626. The van der Waals surface area contributed by atoms with Gasteiger partial charge in [0.25, 0.3) is 0 Å². The van der Waals surface area contributed by atoms with Gasteiger partial charge in [-0.05, 0) is 36.2 Å². The SMILES string of the molecule is CCNCc1c(Cl)cccc1OCC1Cc2ccccc21. The van der Waals surface area contributed by atoms with Crippen LogP contribution in [0.25, 0.3) is 0 Å². The summed E-state index contributed by atoms with van der Waals surface area (Å²) in [5.74, 6) is 1.40. The summed E-state index contributed by atoms with van der Waals surface area (Å²) in [6.07, 6.45) is 1.11. The van der Waals surface area contributed by atoms with Crippen molar-refractivity contribution in [3.05, 3.63) is 64.2 Å². The molecule has 1 aliphatic carbocycles. The van der Waals surface area contributed by atoms with E-state index in [9.17, 15) is 0 Å². The summed E-state index contributed by atoms with van der Waals surface area (Å²) in [4.78, 5) is 0. The summed E-state index contributed by atoms with van der Waals surface area (Å²) in [5.41, 5.74) is 3.92. The highest BCUT2D eigenvalue weighted by Gasteiger charge is 2.26. The van der Waals surface area contributed by atoms with Crippen molar-refractivity contribution < 1.29 is 4.74 Å². The highest BCUT2D eigenvalue weighted by atomic mass is 35.5. The number of hydrogen-bond acceptors (Lipinski definition) is 2. The van der Waals surface area contributed by atoms with E-state index in [0.29, 0.717) is 5.92 Å². The van der Waals surface area contributed by atoms with Gasteiger partial charge in [-0.2, -0.15) is 0 Å². The lowest BCUT2D eigenvalue weighted by molar-refractivity contribution is 0.272. The molecule has 0 aliphatic heterocycles. The molecule has 0 heterocycles. The summed E-state index contributed by atoms with van der Waals surface area (Å²) >= 11 is 6.29. The molecule has 0 bridgehead atoms. The van der Waals surface area contributed by atoms with Crippen molar-refractivity contribution in [2.75, 3.05) is 13.2 Å². The normalized spacial score (nSPS) is 16.2. The molecule has 3 heteroatoms.